The Labute approximate surface area is 172 Å². The van der Waals surface area contributed by atoms with E-state index in [2.05, 4.69) is 40.2 Å². The minimum absolute atomic E-state index is 0.0989. The van der Waals surface area contributed by atoms with E-state index in [1.165, 1.54) is 0 Å². The van der Waals surface area contributed by atoms with Gasteiger partial charge in [-0.3, -0.25) is 14.5 Å². The first-order valence-corrected chi connectivity index (χ1v) is 9.78. The van der Waals surface area contributed by atoms with Crippen LogP contribution in [0.3, 0.4) is 0 Å². The summed E-state index contributed by atoms with van der Waals surface area (Å²) in [6.07, 6.45) is 10.2. The van der Waals surface area contributed by atoms with Gasteiger partial charge in [0.2, 0.25) is 0 Å². The van der Waals surface area contributed by atoms with Crippen LogP contribution in [0.2, 0.25) is 0 Å². The highest BCUT2D eigenvalue weighted by molar-refractivity contribution is 5.92. The lowest BCUT2D eigenvalue weighted by Crippen LogP contribution is -2.45. The molecule has 0 aromatic carbocycles. The van der Waals surface area contributed by atoms with Crippen molar-refractivity contribution >= 4 is 22.9 Å². The zero-order valence-electron chi connectivity index (χ0n) is 16.4. The highest BCUT2D eigenvalue weighted by atomic mass is 16.2. The fourth-order valence-corrected chi connectivity index (χ4v) is 3.73. The third-order valence-corrected chi connectivity index (χ3v) is 5.44. The quantitative estimate of drug-likeness (QED) is 0.503. The van der Waals surface area contributed by atoms with Crippen LogP contribution in [0.25, 0.3) is 11.2 Å². The predicted molar refractivity (Wildman–Crippen MR) is 110 cm³/mol. The summed E-state index contributed by atoms with van der Waals surface area (Å²) in [6.45, 7) is 0.609. The zero-order valence-corrected chi connectivity index (χ0v) is 16.4. The first kappa shape index (κ1) is 18.2. The SMILES string of the molecule is Cn1nccc1C(=O)NC1CC(n2cnc3c(NCc4cccnc4)ncnc32)C1. The number of aryl methyl sites for hydroxylation is 1. The summed E-state index contributed by atoms with van der Waals surface area (Å²) in [4.78, 5) is 29.8. The minimum Gasteiger partial charge on any atom is -0.364 e. The van der Waals surface area contributed by atoms with Crippen LogP contribution in [0, 0.1) is 0 Å². The summed E-state index contributed by atoms with van der Waals surface area (Å²) in [7, 11) is 1.76. The third kappa shape index (κ3) is 3.36. The van der Waals surface area contributed by atoms with E-state index in [1.807, 2.05) is 18.3 Å². The number of rotatable bonds is 6. The monoisotopic (exact) mass is 403 g/mol. The Kier molecular flexibility index (Phi) is 4.58. The lowest BCUT2D eigenvalue weighted by atomic mass is 9.86. The average Bonchev–Trinajstić information content (AvgIpc) is 3.36. The Hall–Kier alpha value is -3.82. The minimum atomic E-state index is -0.0989. The second-order valence-corrected chi connectivity index (χ2v) is 7.40. The van der Waals surface area contributed by atoms with Gasteiger partial charge in [0, 0.05) is 44.3 Å². The Morgan fingerprint density at radius 2 is 2.10 bits per heavy atom. The molecule has 4 aromatic rings. The van der Waals surface area contributed by atoms with Gasteiger partial charge in [-0.15, -0.1) is 0 Å². The van der Waals surface area contributed by atoms with E-state index in [1.54, 1.807) is 42.8 Å². The molecule has 0 aliphatic heterocycles. The molecule has 1 fully saturated rings. The van der Waals surface area contributed by atoms with Crippen LogP contribution in [0.5, 0.6) is 0 Å². The summed E-state index contributed by atoms with van der Waals surface area (Å²) in [5, 5.41) is 10.4. The van der Waals surface area contributed by atoms with E-state index in [-0.39, 0.29) is 18.0 Å². The van der Waals surface area contributed by atoms with Gasteiger partial charge in [-0.2, -0.15) is 5.10 Å². The molecule has 1 aliphatic rings. The maximum atomic E-state index is 12.3. The number of nitrogens with one attached hydrogen (secondary N) is 2. The van der Waals surface area contributed by atoms with Crippen molar-refractivity contribution in [1.82, 2.24) is 39.6 Å². The number of hydrogen-bond donors (Lipinski definition) is 2. The maximum absolute atomic E-state index is 12.3. The molecule has 1 aliphatic carbocycles. The van der Waals surface area contributed by atoms with E-state index in [0.29, 0.717) is 18.1 Å². The molecule has 0 unspecified atom stereocenters. The molecule has 4 aromatic heterocycles. The van der Waals surface area contributed by atoms with Gasteiger partial charge >= 0.3 is 0 Å². The van der Waals surface area contributed by atoms with Gasteiger partial charge in [-0.05, 0) is 30.5 Å². The molecule has 2 N–H and O–H groups in total. The number of aromatic nitrogens is 7. The summed E-state index contributed by atoms with van der Waals surface area (Å²) in [6, 6.07) is 5.99. The van der Waals surface area contributed by atoms with Crippen LogP contribution in [0.1, 0.15) is 34.9 Å². The first-order chi connectivity index (χ1) is 14.7. The highest BCUT2D eigenvalue weighted by Gasteiger charge is 2.33. The number of pyridine rings is 1. The summed E-state index contributed by atoms with van der Waals surface area (Å²) >= 11 is 0. The van der Waals surface area contributed by atoms with Gasteiger partial charge < -0.3 is 15.2 Å². The molecule has 10 nitrogen and oxygen atoms in total. The van der Waals surface area contributed by atoms with Crippen molar-refractivity contribution in [2.45, 2.75) is 31.5 Å². The van der Waals surface area contributed by atoms with Crippen molar-refractivity contribution in [3.8, 4) is 0 Å². The Balaban J connectivity index is 1.25. The normalized spacial score (nSPS) is 18.2. The molecule has 4 heterocycles. The smallest absolute Gasteiger partial charge is 0.269 e. The molecule has 0 atom stereocenters. The van der Waals surface area contributed by atoms with Crippen LogP contribution in [0.4, 0.5) is 5.82 Å². The standard InChI is InChI=1S/C20H21N9O/c1-28-16(4-6-26-28)20(30)27-14-7-15(8-14)29-12-25-17-18(23-11-24-19(17)29)22-10-13-3-2-5-21-9-13/h2-6,9,11-12,14-15H,7-8,10H2,1H3,(H,27,30)(H,22,23,24). The highest BCUT2D eigenvalue weighted by Crippen LogP contribution is 2.35. The topological polar surface area (TPSA) is 115 Å². The van der Waals surface area contributed by atoms with Gasteiger partial charge in [-0.25, -0.2) is 15.0 Å². The Morgan fingerprint density at radius 3 is 2.87 bits per heavy atom. The van der Waals surface area contributed by atoms with E-state index in [0.717, 1.165) is 29.6 Å². The van der Waals surface area contributed by atoms with Gasteiger partial charge in [0.15, 0.2) is 11.5 Å². The number of amides is 1. The Bertz CT molecular complexity index is 1180. The molecule has 0 radical (unpaired) electrons. The molecule has 0 bridgehead atoms. The number of anilines is 1. The number of carbonyl (C=O) groups excluding carboxylic acids is 1. The molecule has 0 spiro atoms. The molecule has 10 heteroatoms. The third-order valence-electron chi connectivity index (χ3n) is 5.44. The molecular weight excluding hydrogens is 382 g/mol. The van der Waals surface area contributed by atoms with Crippen molar-refractivity contribution < 1.29 is 4.79 Å². The van der Waals surface area contributed by atoms with Crippen molar-refractivity contribution in [1.29, 1.82) is 0 Å². The number of carbonyl (C=O) groups is 1. The van der Waals surface area contributed by atoms with Crippen molar-refractivity contribution in [2.24, 2.45) is 7.05 Å². The van der Waals surface area contributed by atoms with Gasteiger partial charge in [-0.1, -0.05) is 6.07 Å². The number of fused-ring (bicyclic) bond motifs is 1. The van der Waals surface area contributed by atoms with E-state index in [9.17, 15) is 4.79 Å². The number of imidazole rings is 1. The molecule has 152 valence electrons. The van der Waals surface area contributed by atoms with Crippen LogP contribution in [-0.2, 0) is 13.6 Å². The molecular formula is C20H21N9O. The molecule has 0 saturated heterocycles. The van der Waals surface area contributed by atoms with Crippen LogP contribution in [0.15, 0.2) is 49.4 Å². The van der Waals surface area contributed by atoms with Crippen LogP contribution >= 0.6 is 0 Å². The van der Waals surface area contributed by atoms with Gasteiger partial charge in [0.05, 0.1) is 6.33 Å². The van der Waals surface area contributed by atoms with Crippen molar-refractivity contribution in [3.63, 3.8) is 0 Å². The molecule has 1 amide bonds. The second-order valence-electron chi connectivity index (χ2n) is 7.40. The van der Waals surface area contributed by atoms with Crippen LogP contribution in [-0.4, -0.2) is 46.2 Å². The van der Waals surface area contributed by atoms with Crippen LogP contribution < -0.4 is 10.6 Å². The average molecular weight is 403 g/mol. The predicted octanol–water partition coefficient (Wildman–Crippen LogP) is 1.70. The molecule has 5 rings (SSSR count). The fraction of sp³-hybridized carbons (Fsp3) is 0.300. The number of hydrogen-bond acceptors (Lipinski definition) is 7. The van der Waals surface area contributed by atoms with Gasteiger partial charge in [0.1, 0.15) is 17.5 Å². The molecule has 1 saturated carbocycles. The summed E-state index contributed by atoms with van der Waals surface area (Å²) in [5.74, 6) is 0.598. The largest absolute Gasteiger partial charge is 0.364 e. The first-order valence-electron chi connectivity index (χ1n) is 9.78. The lowest BCUT2D eigenvalue weighted by Gasteiger charge is -2.36. The van der Waals surface area contributed by atoms with E-state index < -0.39 is 0 Å². The van der Waals surface area contributed by atoms with Crippen molar-refractivity contribution in [3.05, 3.63) is 60.7 Å². The molecule has 30 heavy (non-hydrogen) atoms. The summed E-state index contributed by atoms with van der Waals surface area (Å²) in [5.41, 5.74) is 3.15. The lowest BCUT2D eigenvalue weighted by molar-refractivity contribution is 0.0885. The van der Waals surface area contributed by atoms with Gasteiger partial charge in [0.25, 0.3) is 5.91 Å². The van der Waals surface area contributed by atoms with Crippen molar-refractivity contribution in [2.75, 3.05) is 5.32 Å². The zero-order chi connectivity index (χ0) is 20.5. The Morgan fingerprint density at radius 1 is 1.20 bits per heavy atom. The van der Waals surface area contributed by atoms with E-state index >= 15 is 0 Å². The second kappa shape index (κ2) is 7.54. The number of nitrogens with zero attached hydrogens (tertiary/aromatic N) is 7. The summed E-state index contributed by atoms with van der Waals surface area (Å²) < 4.78 is 3.64. The maximum Gasteiger partial charge on any atom is 0.269 e. The van der Waals surface area contributed by atoms with E-state index in [4.69, 9.17) is 0 Å². The fourth-order valence-electron chi connectivity index (χ4n) is 3.73.